The van der Waals surface area contributed by atoms with Crippen LogP contribution in [0.5, 0.6) is 0 Å². The monoisotopic (exact) mass is 299 g/mol. The zero-order valence-electron chi connectivity index (χ0n) is 12.7. The van der Waals surface area contributed by atoms with Gasteiger partial charge in [0.05, 0.1) is 7.11 Å². The van der Waals surface area contributed by atoms with Gasteiger partial charge in [0.1, 0.15) is 6.10 Å². The summed E-state index contributed by atoms with van der Waals surface area (Å²) in [6.07, 6.45) is 0.328. The maximum atomic E-state index is 11.1. The molecule has 1 unspecified atom stereocenters. The van der Waals surface area contributed by atoms with Gasteiger partial charge in [-0.3, -0.25) is 4.79 Å². The molecular formula is C18H21NO3. The zero-order valence-corrected chi connectivity index (χ0v) is 12.7. The first kappa shape index (κ1) is 16.2. The van der Waals surface area contributed by atoms with Crippen LogP contribution in [0, 0.1) is 0 Å². The molecule has 4 nitrogen and oxygen atoms in total. The summed E-state index contributed by atoms with van der Waals surface area (Å²) in [4.78, 5) is 11.1. The third-order valence-corrected chi connectivity index (χ3v) is 3.67. The number of methoxy groups -OCH3 is 1. The SMILES string of the molecule is COC(=O)CCc1ccc(C(O)c2ccc(CN)cc2)cc1. The summed E-state index contributed by atoms with van der Waals surface area (Å²) in [6.45, 7) is 0.491. The molecule has 1 atom stereocenters. The van der Waals surface area contributed by atoms with E-state index in [0.29, 0.717) is 19.4 Å². The van der Waals surface area contributed by atoms with Crippen LogP contribution in [0.1, 0.15) is 34.8 Å². The molecule has 0 aliphatic rings. The third-order valence-electron chi connectivity index (χ3n) is 3.67. The van der Waals surface area contributed by atoms with Crippen molar-refractivity contribution in [3.8, 4) is 0 Å². The number of rotatable bonds is 6. The van der Waals surface area contributed by atoms with Crippen molar-refractivity contribution in [1.82, 2.24) is 0 Å². The first-order chi connectivity index (χ1) is 10.6. The Balaban J connectivity index is 2.03. The Hall–Kier alpha value is -2.17. The van der Waals surface area contributed by atoms with E-state index in [0.717, 1.165) is 22.3 Å². The molecule has 0 saturated heterocycles. The molecule has 0 fully saturated rings. The average Bonchev–Trinajstić information content (AvgIpc) is 2.59. The van der Waals surface area contributed by atoms with Gasteiger partial charge in [-0.05, 0) is 28.7 Å². The van der Waals surface area contributed by atoms with Gasteiger partial charge in [-0.2, -0.15) is 0 Å². The smallest absolute Gasteiger partial charge is 0.305 e. The Morgan fingerprint density at radius 3 is 2.00 bits per heavy atom. The molecule has 0 spiro atoms. The molecule has 116 valence electrons. The summed E-state index contributed by atoms with van der Waals surface area (Å²) < 4.78 is 4.62. The van der Waals surface area contributed by atoms with E-state index in [2.05, 4.69) is 4.74 Å². The number of nitrogens with two attached hydrogens (primary N) is 1. The molecule has 0 aliphatic carbocycles. The maximum Gasteiger partial charge on any atom is 0.305 e. The quantitative estimate of drug-likeness (QED) is 0.803. The minimum Gasteiger partial charge on any atom is -0.469 e. The van der Waals surface area contributed by atoms with Gasteiger partial charge in [-0.25, -0.2) is 0 Å². The van der Waals surface area contributed by atoms with Gasteiger partial charge < -0.3 is 15.6 Å². The molecule has 2 aromatic rings. The number of esters is 1. The molecule has 0 heterocycles. The van der Waals surface area contributed by atoms with Crippen LogP contribution < -0.4 is 5.73 Å². The lowest BCUT2D eigenvalue weighted by Gasteiger charge is -2.12. The largest absolute Gasteiger partial charge is 0.469 e. The first-order valence-electron chi connectivity index (χ1n) is 7.26. The summed E-state index contributed by atoms with van der Waals surface area (Å²) in [5, 5.41) is 10.4. The van der Waals surface area contributed by atoms with Crippen molar-refractivity contribution >= 4 is 5.97 Å². The highest BCUT2D eigenvalue weighted by molar-refractivity contribution is 5.69. The summed E-state index contributed by atoms with van der Waals surface area (Å²) in [6, 6.07) is 15.2. The lowest BCUT2D eigenvalue weighted by Crippen LogP contribution is -2.03. The van der Waals surface area contributed by atoms with Gasteiger partial charge in [0.2, 0.25) is 0 Å². The van der Waals surface area contributed by atoms with Gasteiger partial charge in [-0.1, -0.05) is 48.5 Å². The Kier molecular flexibility index (Phi) is 5.69. The maximum absolute atomic E-state index is 11.1. The van der Waals surface area contributed by atoms with E-state index >= 15 is 0 Å². The molecule has 2 aromatic carbocycles. The van der Waals surface area contributed by atoms with Gasteiger partial charge in [-0.15, -0.1) is 0 Å². The van der Waals surface area contributed by atoms with Crippen LogP contribution in [-0.2, 0) is 22.5 Å². The van der Waals surface area contributed by atoms with Crippen molar-refractivity contribution in [3.05, 3.63) is 70.8 Å². The summed E-state index contributed by atoms with van der Waals surface area (Å²) in [5.74, 6) is -0.218. The second kappa shape index (κ2) is 7.73. The van der Waals surface area contributed by atoms with E-state index in [1.165, 1.54) is 7.11 Å². The summed E-state index contributed by atoms with van der Waals surface area (Å²) >= 11 is 0. The molecule has 0 saturated carbocycles. The Bertz CT molecular complexity index is 605. The fourth-order valence-electron chi connectivity index (χ4n) is 2.24. The van der Waals surface area contributed by atoms with Crippen LogP contribution in [-0.4, -0.2) is 18.2 Å². The first-order valence-corrected chi connectivity index (χ1v) is 7.26. The third kappa shape index (κ3) is 4.16. The average molecular weight is 299 g/mol. The van der Waals surface area contributed by atoms with Crippen molar-refractivity contribution in [2.45, 2.75) is 25.5 Å². The number of aryl methyl sites for hydroxylation is 1. The van der Waals surface area contributed by atoms with Gasteiger partial charge >= 0.3 is 5.97 Å². The Labute approximate surface area is 130 Å². The molecule has 0 aliphatic heterocycles. The van der Waals surface area contributed by atoms with Crippen LogP contribution in [0.15, 0.2) is 48.5 Å². The molecule has 0 amide bonds. The van der Waals surface area contributed by atoms with Crippen molar-refractivity contribution in [2.75, 3.05) is 7.11 Å². The second-order valence-electron chi connectivity index (χ2n) is 5.17. The molecule has 4 heteroatoms. The summed E-state index contributed by atoms with van der Waals surface area (Å²) in [7, 11) is 1.39. The lowest BCUT2D eigenvalue weighted by atomic mass is 9.98. The molecule has 0 bridgehead atoms. The van der Waals surface area contributed by atoms with E-state index < -0.39 is 6.10 Å². The van der Waals surface area contributed by atoms with Crippen molar-refractivity contribution in [3.63, 3.8) is 0 Å². The van der Waals surface area contributed by atoms with Crippen LogP contribution in [0.3, 0.4) is 0 Å². The Morgan fingerprint density at radius 2 is 1.55 bits per heavy atom. The van der Waals surface area contributed by atoms with E-state index in [4.69, 9.17) is 5.73 Å². The van der Waals surface area contributed by atoms with Crippen molar-refractivity contribution in [2.24, 2.45) is 5.73 Å². The molecule has 3 N–H and O–H groups in total. The van der Waals surface area contributed by atoms with E-state index in [9.17, 15) is 9.90 Å². The summed E-state index contributed by atoms with van der Waals surface area (Å²) in [5.41, 5.74) is 9.30. The fourth-order valence-corrected chi connectivity index (χ4v) is 2.24. The molecule has 2 rings (SSSR count). The molecule has 22 heavy (non-hydrogen) atoms. The second-order valence-corrected chi connectivity index (χ2v) is 5.17. The van der Waals surface area contributed by atoms with Gasteiger partial charge in [0.25, 0.3) is 0 Å². The number of aliphatic hydroxyl groups is 1. The topological polar surface area (TPSA) is 72.5 Å². The number of aliphatic hydroxyl groups excluding tert-OH is 1. The molecule has 0 radical (unpaired) electrons. The van der Waals surface area contributed by atoms with Crippen LogP contribution >= 0.6 is 0 Å². The normalized spacial score (nSPS) is 12.0. The number of hydrogen-bond donors (Lipinski definition) is 2. The predicted octanol–water partition coefficient (Wildman–Crippen LogP) is 2.33. The standard InChI is InChI=1S/C18H21NO3/c1-22-17(20)11-6-13-2-7-15(8-3-13)18(21)16-9-4-14(12-19)5-10-16/h2-5,7-10,18,21H,6,11-12,19H2,1H3. The fraction of sp³-hybridized carbons (Fsp3) is 0.278. The van der Waals surface area contributed by atoms with E-state index in [1.807, 2.05) is 48.5 Å². The highest BCUT2D eigenvalue weighted by atomic mass is 16.5. The van der Waals surface area contributed by atoms with Crippen LogP contribution in [0.2, 0.25) is 0 Å². The van der Waals surface area contributed by atoms with Gasteiger partial charge in [0, 0.05) is 13.0 Å². The Morgan fingerprint density at radius 1 is 1.05 bits per heavy atom. The molecular weight excluding hydrogens is 278 g/mol. The predicted molar refractivity (Wildman–Crippen MR) is 85.2 cm³/mol. The van der Waals surface area contributed by atoms with E-state index in [1.54, 1.807) is 0 Å². The van der Waals surface area contributed by atoms with E-state index in [-0.39, 0.29) is 5.97 Å². The minimum atomic E-state index is -0.665. The lowest BCUT2D eigenvalue weighted by molar-refractivity contribution is -0.140. The molecule has 0 aromatic heterocycles. The highest BCUT2D eigenvalue weighted by Crippen LogP contribution is 2.22. The van der Waals surface area contributed by atoms with Gasteiger partial charge in [0.15, 0.2) is 0 Å². The minimum absolute atomic E-state index is 0.218. The number of benzene rings is 2. The number of hydrogen-bond acceptors (Lipinski definition) is 4. The zero-order chi connectivity index (χ0) is 15.9. The van der Waals surface area contributed by atoms with Crippen molar-refractivity contribution in [1.29, 1.82) is 0 Å². The number of carbonyl (C=O) groups is 1. The highest BCUT2D eigenvalue weighted by Gasteiger charge is 2.10. The number of carbonyl (C=O) groups excluding carboxylic acids is 1. The number of ether oxygens (including phenoxy) is 1. The van der Waals surface area contributed by atoms with Crippen LogP contribution in [0.4, 0.5) is 0 Å². The van der Waals surface area contributed by atoms with Crippen molar-refractivity contribution < 1.29 is 14.6 Å². The van der Waals surface area contributed by atoms with Crippen LogP contribution in [0.25, 0.3) is 0 Å².